The van der Waals surface area contributed by atoms with Crippen molar-refractivity contribution in [1.29, 1.82) is 0 Å². The van der Waals surface area contributed by atoms with E-state index in [0.717, 1.165) is 12.1 Å². The summed E-state index contributed by atoms with van der Waals surface area (Å²) < 4.78 is 58.0. The smallest absolute Gasteiger partial charge is 0.266 e. The average molecular weight is 381 g/mol. The van der Waals surface area contributed by atoms with Gasteiger partial charge in [-0.25, -0.2) is 17.2 Å². The average Bonchev–Trinajstić information content (AvgIpc) is 2.75. The summed E-state index contributed by atoms with van der Waals surface area (Å²) in [6.07, 6.45) is 0. The quantitative estimate of drug-likeness (QED) is 0.836. The predicted molar refractivity (Wildman–Crippen MR) is 76.3 cm³/mol. The fraction of sp³-hybridized carbons (Fsp3) is 0.167. The molecular weight excluding hydrogens is 370 g/mol. The van der Waals surface area contributed by atoms with Crippen molar-refractivity contribution in [2.45, 2.75) is 11.4 Å². The third kappa shape index (κ3) is 3.60. The van der Waals surface area contributed by atoms with Gasteiger partial charge in [-0.3, -0.25) is 4.72 Å². The van der Waals surface area contributed by atoms with E-state index in [-0.39, 0.29) is 15.3 Å². The van der Waals surface area contributed by atoms with Crippen molar-refractivity contribution in [3.63, 3.8) is 0 Å². The molecule has 0 saturated heterocycles. The molecule has 0 saturated carbocycles. The second kappa shape index (κ2) is 6.12. The lowest BCUT2D eigenvalue weighted by Crippen LogP contribution is -2.14. The number of halogens is 3. The highest BCUT2D eigenvalue weighted by Gasteiger charge is 2.23. The maximum absolute atomic E-state index is 13.5. The molecule has 5 nitrogen and oxygen atoms in total. The van der Waals surface area contributed by atoms with Gasteiger partial charge in [0.15, 0.2) is 4.67 Å². The Morgan fingerprint density at radius 1 is 1.29 bits per heavy atom. The molecule has 0 fully saturated rings. The van der Waals surface area contributed by atoms with E-state index in [0.29, 0.717) is 18.4 Å². The van der Waals surface area contributed by atoms with Crippen LogP contribution in [0.1, 0.15) is 5.76 Å². The Kier molecular flexibility index (Phi) is 4.64. The Balaban J connectivity index is 2.34. The van der Waals surface area contributed by atoms with E-state index in [2.05, 4.69) is 21.2 Å². The van der Waals surface area contributed by atoms with Crippen molar-refractivity contribution >= 4 is 31.6 Å². The standard InChI is InChI=1S/C12H11BrF2N2O3S/c1-16-6-8-5-11(12(13)20-8)21(18,19)17-10-3-2-7(14)4-9(10)15/h2-5,16-17H,6H2,1H3. The molecule has 21 heavy (non-hydrogen) atoms. The minimum absolute atomic E-state index is 0.00256. The van der Waals surface area contributed by atoms with Gasteiger partial charge in [0.05, 0.1) is 12.2 Å². The first-order valence-electron chi connectivity index (χ1n) is 5.74. The molecule has 114 valence electrons. The molecule has 2 rings (SSSR count). The van der Waals surface area contributed by atoms with Crippen LogP contribution in [-0.4, -0.2) is 15.5 Å². The van der Waals surface area contributed by atoms with Crippen molar-refractivity contribution in [2.24, 2.45) is 0 Å². The molecule has 0 aliphatic carbocycles. The molecular formula is C12H11BrF2N2O3S. The Hall–Kier alpha value is -1.45. The zero-order valence-electron chi connectivity index (χ0n) is 10.8. The Bertz CT molecular complexity index is 762. The highest BCUT2D eigenvalue weighted by molar-refractivity contribution is 9.10. The van der Waals surface area contributed by atoms with Crippen LogP contribution in [0.5, 0.6) is 0 Å². The molecule has 2 aromatic rings. The van der Waals surface area contributed by atoms with Crippen molar-refractivity contribution in [1.82, 2.24) is 5.32 Å². The summed E-state index contributed by atoms with van der Waals surface area (Å²) in [5, 5.41) is 2.81. The zero-order valence-corrected chi connectivity index (χ0v) is 13.2. The van der Waals surface area contributed by atoms with Crippen molar-refractivity contribution in [3.8, 4) is 0 Å². The first kappa shape index (κ1) is 15.9. The predicted octanol–water partition coefficient (Wildman–Crippen LogP) is 2.84. The summed E-state index contributed by atoms with van der Waals surface area (Å²) >= 11 is 3.00. The third-order valence-electron chi connectivity index (χ3n) is 2.52. The minimum atomic E-state index is -4.06. The fourth-order valence-corrected chi connectivity index (χ4v) is 3.68. The van der Waals surface area contributed by atoms with Crippen molar-refractivity contribution in [2.75, 3.05) is 11.8 Å². The molecule has 9 heteroatoms. The van der Waals surface area contributed by atoms with Crippen LogP contribution in [0.2, 0.25) is 0 Å². The van der Waals surface area contributed by atoms with Gasteiger partial charge >= 0.3 is 0 Å². The largest absolute Gasteiger partial charge is 0.451 e. The normalized spacial score (nSPS) is 11.6. The van der Waals surface area contributed by atoms with Gasteiger partial charge < -0.3 is 9.73 Å². The van der Waals surface area contributed by atoms with Crippen molar-refractivity contribution < 1.29 is 21.6 Å². The molecule has 0 bridgehead atoms. The molecule has 0 spiro atoms. The Morgan fingerprint density at radius 2 is 2.00 bits per heavy atom. The Labute approximate surface area is 128 Å². The van der Waals surface area contributed by atoms with Crippen LogP contribution in [0.4, 0.5) is 14.5 Å². The molecule has 2 N–H and O–H groups in total. The summed E-state index contributed by atoms with van der Waals surface area (Å²) in [5.41, 5.74) is -0.348. The third-order valence-corrected chi connectivity index (χ3v) is 4.74. The van der Waals surface area contributed by atoms with Gasteiger partial charge in [0.1, 0.15) is 22.3 Å². The topological polar surface area (TPSA) is 71.3 Å². The summed E-state index contributed by atoms with van der Waals surface area (Å²) in [5.74, 6) is -1.41. The molecule has 0 radical (unpaired) electrons. The van der Waals surface area contributed by atoms with E-state index in [1.54, 1.807) is 7.05 Å². The number of sulfonamides is 1. The molecule has 0 aliphatic heterocycles. The van der Waals surface area contributed by atoms with Gasteiger partial charge in [-0.1, -0.05) is 0 Å². The zero-order chi connectivity index (χ0) is 15.6. The number of hydrogen-bond donors (Lipinski definition) is 2. The fourth-order valence-electron chi connectivity index (χ4n) is 1.61. The highest BCUT2D eigenvalue weighted by atomic mass is 79.9. The maximum Gasteiger partial charge on any atom is 0.266 e. The first-order chi connectivity index (χ1) is 9.83. The number of anilines is 1. The Morgan fingerprint density at radius 3 is 2.62 bits per heavy atom. The van der Waals surface area contributed by atoms with Gasteiger partial charge in [0, 0.05) is 12.1 Å². The minimum Gasteiger partial charge on any atom is -0.451 e. The lowest BCUT2D eigenvalue weighted by Gasteiger charge is -2.07. The maximum atomic E-state index is 13.5. The van der Waals surface area contributed by atoms with Crippen LogP contribution >= 0.6 is 15.9 Å². The van der Waals surface area contributed by atoms with E-state index in [1.165, 1.54) is 6.07 Å². The first-order valence-corrected chi connectivity index (χ1v) is 8.02. The van der Waals surface area contributed by atoms with Gasteiger partial charge in [0.25, 0.3) is 10.0 Å². The second-order valence-electron chi connectivity index (χ2n) is 4.11. The molecule has 0 amide bonds. The van der Waals surface area contributed by atoms with Gasteiger partial charge in [-0.15, -0.1) is 0 Å². The van der Waals surface area contributed by atoms with Crippen LogP contribution in [0.3, 0.4) is 0 Å². The van der Waals surface area contributed by atoms with E-state index in [4.69, 9.17) is 4.42 Å². The molecule has 0 aliphatic rings. The molecule has 1 heterocycles. The molecule has 1 aromatic heterocycles. The highest BCUT2D eigenvalue weighted by Crippen LogP contribution is 2.28. The van der Waals surface area contributed by atoms with E-state index in [1.807, 2.05) is 4.72 Å². The summed E-state index contributed by atoms with van der Waals surface area (Å²) in [6.45, 7) is 0.332. The van der Waals surface area contributed by atoms with Crippen LogP contribution in [0, 0.1) is 11.6 Å². The monoisotopic (exact) mass is 380 g/mol. The molecule has 1 aromatic carbocycles. The lowest BCUT2D eigenvalue weighted by atomic mass is 10.3. The number of hydrogen-bond acceptors (Lipinski definition) is 4. The number of rotatable bonds is 5. The van der Waals surface area contributed by atoms with Crippen LogP contribution in [0.25, 0.3) is 0 Å². The molecule has 0 unspecified atom stereocenters. The summed E-state index contributed by atoms with van der Waals surface area (Å²) in [4.78, 5) is -0.170. The second-order valence-corrected chi connectivity index (χ2v) is 6.48. The van der Waals surface area contributed by atoms with Crippen LogP contribution in [0.15, 0.2) is 38.2 Å². The van der Waals surface area contributed by atoms with Gasteiger partial charge in [-0.2, -0.15) is 0 Å². The van der Waals surface area contributed by atoms with Gasteiger partial charge in [-0.05, 0) is 35.1 Å². The van der Waals surface area contributed by atoms with E-state index in [9.17, 15) is 17.2 Å². The number of benzene rings is 1. The SMILES string of the molecule is CNCc1cc(S(=O)(=O)Nc2ccc(F)cc2F)c(Br)o1. The number of furan rings is 1. The summed E-state index contributed by atoms with van der Waals surface area (Å²) in [7, 11) is -2.38. The van der Waals surface area contributed by atoms with Crippen molar-refractivity contribution in [3.05, 3.63) is 46.3 Å². The molecule has 0 atom stereocenters. The number of nitrogens with one attached hydrogen (secondary N) is 2. The van der Waals surface area contributed by atoms with Crippen LogP contribution < -0.4 is 10.0 Å². The van der Waals surface area contributed by atoms with E-state index < -0.39 is 21.7 Å². The van der Waals surface area contributed by atoms with Crippen LogP contribution in [-0.2, 0) is 16.6 Å². The summed E-state index contributed by atoms with van der Waals surface area (Å²) in [6, 6.07) is 3.86. The van der Waals surface area contributed by atoms with E-state index >= 15 is 0 Å². The lowest BCUT2D eigenvalue weighted by molar-refractivity contribution is 0.470. The van der Waals surface area contributed by atoms with Gasteiger partial charge in [0.2, 0.25) is 0 Å².